The zero-order valence-electron chi connectivity index (χ0n) is 10.7. The van der Waals surface area contributed by atoms with Crippen LogP contribution in [0.3, 0.4) is 0 Å². The molecule has 104 valence electrons. The number of sulfonamides is 1. The van der Waals surface area contributed by atoms with E-state index in [1.807, 2.05) is 24.3 Å². The molecule has 0 heterocycles. The number of hydrogen-bond acceptors (Lipinski definition) is 2. The molecule has 0 aromatic heterocycles. The van der Waals surface area contributed by atoms with Crippen molar-refractivity contribution < 1.29 is 8.42 Å². The lowest BCUT2D eigenvalue weighted by molar-refractivity contribution is 0.554. The second-order valence-corrected chi connectivity index (χ2v) is 7.50. The van der Waals surface area contributed by atoms with E-state index in [4.69, 9.17) is 0 Å². The van der Waals surface area contributed by atoms with Crippen molar-refractivity contribution in [2.45, 2.75) is 23.8 Å². The van der Waals surface area contributed by atoms with E-state index >= 15 is 0 Å². The number of nitrogens with one attached hydrogen (secondary N) is 1. The summed E-state index contributed by atoms with van der Waals surface area (Å²) in [5.41, 5.74) is 2.32. The lowest BCUT2D eigenvalue weighted by Crippen LogP contribution is -2.27. The van der Waals surface area contributed by atoms with Gasteiger partial charge in [0.1, 0.15) is 0 Å². The largest absolute Gasteiger partial charge is 0.241 e. The van der Waals surface area contributed by atoms with Crippen molar-refractivity contribution in [2.24, 2.45) is 0 Å². The van der Waals surface area contributed by atoms with Gasteiger partial charge in [-0.25, -0.2) is 13.1 Å². The van der Waals surface area contributed by atoms with Crippen molar-refractivity contribution in [2.75, 3.05) is 0 Å². The van der Waals surface area contributed by atoms with Crippen molar-refractivity contribution in [3.8, 4) is 0 Å². The Bertz CT molecular complexity index is 743. The van der Waals surface area contributed by atoms with E-state index in [1.165, 1.54) is 5.56 Å². The zero-order chi connectivity index (χ0) is 14.2. The number of benzene rings is 2. The molecule has 1 atom stereocenters. The van der Waals surface area contributed by atoms with Crippen LogP contribution < -0.4 is 4.72 Å². The Morgan fingerprint density at radius 1 is 1.10 bits per heavy atom. The SMILES string of the molecule is O=S(=O)(NC1CCc2ccccc21)c1cccc(Br)c1. The minimum absolute atomic E-state index is 0.129. The summed E-state index contributed by atoms with van der Waals surface area (Å²) < 4.78 is 28.4. The van der Waals surface area contributed by atoms with Crippen molar-refractivity contribution in [1.29, 1.82) is 0 Å². The second-order valence-electron chi connectivity index (χ2n) is 4.87. The fourth-order valence-electron chi connectivity index (χ4n) is 2.57. The van der Waals surface area contributed by atoms with Gasteiger partial charge in [-0.2, -0.15) is 0 Å². The first kappa shape index (κ1) is 13.8. The molecule has 1 aliphatic rings. The molecule has 0 saturated carbocycles. The summed E-state index contributed by atoms with van der Waals surface area (Å²) in [5, 5.41) is 0. The molecule has 0 spiro atoms. The van der Waals surface area contributed by atoms with Crippen LogP contribution >= 0.6 is 15.9 Å². The Morgan fingerprint density at radius 2 is 1.90 bits per heavy atom. The van der Waals surface area contributed by atoms with Crippen LogP contribution in [0.4, 0.5) is 0 Å². The Kier molecular flexibility index (Phi) is 3.67. The van der Waals surface area contributed by atoms with Crippen LogP contribution in [0.2, 0.25) is 0 Å². The van der Waals surface area contributed by atoms with E-state index in [1.54, 1.807) is 18.2 Å². The van der Waals surface area contributed by atoms with Crippen molar-refractivity contribution in [3.63, 3.8) is 0 Å². The van der Waals surface area contributed by atoms with Gasteiger partial charge in [0.05, 0.1) is 4.90 Å². The molecule has 0 amide bonds. The summed E-state index contributed by atoms with van der Waals surface area (Å²) in [6.45, 7) is 0. The Balaban J connectivity index is 1.89. The van der Waals surface area contributed by atoms with E-state index in [0.29, 0.717) is 0 Å². The van der Waals surface area contributed by atoms with E-state index in [-0.39, 0.29) is 10.9 Å². The molecule has 2 aromatic rings. The number of aryl methyl sites for hydroxylation is 1. The molecule has 0 bridgehead atoms. The van der Waals surface area contributed by atoms with Gasteiger partial charge in [0.2, 0.25) is 10.0 Å². The highest BCUT2D eigenvalue weighted by Gasteiger charge is 2.27. The first-order valence-corrected chi connectivity index (χ1v) is 8.69. The maximum atomic E-state index is 12.4. The molecule has 0 aliphatic heterocycles. The van der Waals surface area contributed by atoms with Gasteiger partial charge in [-0.3, -0.25) is 0 Å². The topological polar surface area (TPSA) is 46.2 Å². The summed E-state index contributed by atoms with van der Waals surface area (Å²) in [6, 6.07) is 14.6. The molecule has 20 heavy (non-hydrogen) atoms. The smallest absolute Gasteiger partial charge is 0.207 e. The Morgan fingerprint density at radius 3 is 2.70 bits per heavy atom. The predicted octanol–water partition coefficient (Wildman–Crippen LogP) is 3.41. The van der Waals surface area contributed by atoms with Crippen molar-refractivity contribution in [3.05, 3.63) is 64.1 Å². The van der Waals surface area contributed by atoms with E-state index < -0.39 is 10.0 Å². The molecule has 5 heteroatoms. The number of rotatable bonds is 3. The molecule has 0 radical (unpaired) electrons. The van der Waals surface area contributed by atoms with Crippen molar-refractivity contribution >= 4 is 26.0 Å². The summed E-state index contributed by atoms with van der Waals surface area (Å²) >= 11 is 3.30. The minimum Gasteiger partial charge on any atom is -0.207 e. The summed E-state index contributed by atoms with van der Waals surface area (Å²) in [5.74, 6) is 0. The Labute approximate surface area is 127 Å². The van der Waals surface area contributed by atoms with Crippen LogP contribution in [0.25, 0.3) is 0 Å². The molecule has 1 unspecified atom stereocenters. The normalized spacial score (nSPS) is 17.9. The van der Waals surface area contributed by atoms with Crippen LogP contribution in [-0.2, 0) is 16.4 Å². The number of hydrogen-bond donors (Lipinski definition) is 1. The average Bonchev–Trinajstić information content (AvgIpc) is 2.82. The highest BCUT2D eigenvalue weighted by Crippen LogP contribution is 2.32. The second kappa shape index (κ2) is 5.31. The van der Waals surface area contributed by atoms with Gasteiger partial charge in [0, 0.05) is 10.5 Å². The first-order valence-electron chi connectivity index (χ1n) is 6.42. The molecule has 0 fully saturated rings. The van der Waals surface area contributed by atoms with Gasteiger partial charge in [0.25, 0.3) is 0 Å². The summed E-state index contributed by atoms with van der Waals surface area (Å²) in [7, 11) is -3.49. The average molecular weight is 352 g/mol. The summed E-state index contributed by atoms with van der Waals surface area (Å²) in [4.78, 5) is 0.288. The predicted molar refractivity (Wildman–Crippen MR) is 82.0 cm³/mol. The highest BCUT2D eigenvalue weighted by atomic mass is 79.9. The van der Waals surface area contributed by atoms with Gasteiger partial charge in [-0.05, 0) is 42.2 Å². The van der Waals surface area contributed by atoms with Gasteiger partial charge in [-0.15, -0.1) is 0 Å². The maximum Gasteiger partial charge on any atom is 0.241 e. The monoisotopic (exact) mass is 351 g/mol. The van der Waals surface area contributed by atoms with Crippen LogP contribution in [0, 0.1) is 0 Å². The van der Waals surface area contributed by atoms with Gasteiger partial charge >= 0.3 is 0 Å². The fraction of sp³-hybridized carbons (Fsp3) is 0.200. The third kappa shape index (κ3) is 2.66. The number of halogens is 1. The van der Waals surface area contributed by atoms with Gasteiger partial charge in [0.15, 0.2) is 0 Å². The molecular formula is C15H14BrNO2S. The Hall–Kier alpha value is -1.17. The van der Waals surface area contributed by atoms with Crippen LogP contribution in [0.15, 0.2) is 57.9 Å². The van der Waals surface area contributed by atoms with E-state index in [9.17, 15) is 8.42 Å². The molecule has 3 nitrogen and oxygen atoms in total. The number of fused-ring (bicyclic) bond motifs is 1. The minimum atomic E-state index is -3.49. The molecule has 1 aliphatic carbocycles. The quantitative estimate of drug-likeness (QED) is 0.920. The lowest BCUT2D eigenvalue weighted by atomic mass is 10.1. The molecule has 3 rings (SSSR count). The third-order valence-corrected chi connectivity index (χ3v) is 5.50. The van der Waals surface area contributed by atoms with Gasteiger partial charge < -0.3 is 0 Å². The summed E-state index contributed by atoms with van der Waals surface area (Å²) in [6.07, 6.45) is 1.73. The lowest BCUT2D eigenvalue weighted by Gasteiger charge is -2.14. The van der Waals surface area contributed by atoms with Gasteiger partial charge in [-0.1, -0.05) is 46.3 Å². The molecule has 0 saturated heterocycles. The zero-order valence-corrected chi connectivity index (χ0v) is 13.1. The third-order valence-electron chi connectivity index (χ3n) is 3.54. The first-order chi connectivity index (χ1) is 9.56. The standard InChI is InChI=1S/C15H14BrNO2S/c16-12-5-3-6-13(10-12)20(18,19)17-15-9-8-11-4-1-2-7-14(11)15/h1-7,10,15,17H,8-9H2. The van der Waals surface area contributed by atoms with Crippen molar-refractivity contribution in [1.82, 2.24) is 4.72 Å². The molecule has 1 N–H and O–H groups in total. The van der Waals surface area contributed by atoms with E-state index in [0.717, 1.165) is 22.9 Å². The fourth-order valence-corrected chi connectivity index (χ4v) is 4.42. The van der Waals surface area contributed by atoms with Crippen LogP contribution in [0.5, 0.6) is 0 Å². The van der Waals surface area contributed by atoms with E-state index in [2.05, 4.69) is 26.7 Å². The maximum absolute atomic E-state index is 12.4. The molecule has 2 aromatic carbocycles. The van der Waals surface area contributed by atoms with Crippen LogP contribution in [-0.4, -0.2) is 8.42 Å². The highest BCUT2D eigenvalue weighted by molar-refractivity contribution is 9.10. The van der Waals surface area contributed by atoms with Crippen LogP contribution in [0.1, 0.15) is 23.6 Å². The molecular weight excluding hydrogens is 338 g/mol.